The minimum atomic E-state index is -0.0996. The topological polar surface area (TPSA) is 41.1 Å². The maximum Gasteiger partial charge on any atom is 0.243 e. The third-order valence-corrected chi connectivity index (χ3v) is 4.64. The van der Waals surface area contributed by atoms with Gasteiger partial charge in [0.05, 0.1) is 0 Å². The van der Waals surface area contributed by atoms with Crippen LogP contribution in [0, 0.1) is 5.41 Å². The highest BCUT2D eigenvalue weighted by molar-refractivity contribution is 5.87. The third-order valence-electron chi connectivity index (χ3n) is 4.64. The lowest BCUT2D eigenvalue weighted by atomic mass is 9.75. The van der Waals surface area contributed by atoms with Crippen molar-refractivity contribution in [2.45, 2.75) is 58.0 Å². The minimum Gasteiger partial charge on any atom is -0.373 e. The molecule has 1 aliphatic carbocycles. The molecule has 1 fully saturated rings. The zero-order chi connectivity index (χ0) is 14.2. The predicted octanol–water partition coefficient (Wildman–Crippen LogP) is 3.11. The van der Waals surface area contributed by atoms with Crippen LogP contribution in [0.5, 0.6) is 0 Å². The third kappa shape index (κ3) is 2.82. The first-order chi connectivity index (χ1) is 9.53. The van der Waals surface area contributed by atoms with Crippen LogP contribution in [0.1, 0.15) is 45.1 Å². The van der Waals surface area contributed by atoms with E-state index in [-0.39, 0.29) is 11.9 Å². The number of nitrogens with one attached hydrogen (secondary N) is 2. The minimum absolute atomic E-state index is 0.0996. The van der Waals surface area contributed by atoms with E-state index in [2.05, 4.69) is 30.5 Å². The molecule has 2 atom stereocenters. The van der Waals surface area contributed by atoms with E-state index < -0.39 is 0 Å². The van der Waals surface area contributed by atoms with Gasteiger partial charge in [0.1, 0.15) is 6.04 Å². The second-order valence-corrected chi connectivity index (χ2v) is 7.02. The molecule has 1 aromatic carbocycles. The Bertz CT molecular complexity index is 484. The second kappa shape index (κ2) is 5.12. The normalized spacial score (nSPS) is 27.5. The fourth-order valence-electron chi connectivity index (χ4n) is 3.58. The van der Waals surface area contributed by atoms with Crippen molar-refractivity contribution >= 4 is 11.6 Å². The average Bonchev–Trinajstić information content (AvgIpc) is 2.81. The van der Waals surface area contributed by atoms with Gasteiger partial charge < -0.3 is 10.6 Å². The van der Waals surface area contributed by atoms with Crippen molar-refractivity contribution in [1.29, 1.82) is 0 Å². The number of para-hydroxylation sites is 1. The largest absolute Gasteiger partial charge is 0.373 e. The van der Waals surface area contributed by atoms with Gasteiger partial charge in [-0.05, 0) is 36.3 Å². The van der Waals surface area contributed by atoms with E-state index >= 15 is 0 Å². The molecule has 0 spiro atoms. The fourth-order valence-corrected chi connectivity index (χ4v) is 3.58. The Morgan fingerprint density at radius 1 is 1.35 bits per heavy atom. The summed E-state index contributed by atoms with van der Waals surface area (Å²) in [5, 5.41) is 6.58. The van der Waals surface area contributed by atoms with Gasteiger partial charge in [-0.15, -0.1) is 0 Å². The van der Waals surface area contributed by atoms with Crippen LogP contribution in [0.15, 0.2) is 24.3 Å². The van der Waals surface area contributed by atoms with E-state index in [1.54, 1.807) is 0 Å². The van der Waals surface area contributed by atoms with Crippen molar-refractivity contribution in [2.24, 2.45) is 5.41 Å². The lowest BCUT2D eigenvalue weighted by molar-refractivity contribution is -0.122. The maximum absolute atomic E-state index is 12.4. The van der Waals surface area contributed by atoms with Crippen LogP contribution in [0.2, 0.25) is 0 Å². The Morgan fingerprint density at radius 2 is 2.15 bits per heavy atom. The van der Waals surface area contributed by atoms with Crippen LogP contribution in [0.25, 0.3) is 0 Å². The van der Waals surface area contributed by atoms with Gasteiger partial charge >= 0.3 is 0 Å². The molecule has 0 radical (unpaired) electrons. The first-order valence-electron chi connectivity index (χ1n) is 7.68. The molecule has 1 heterocycles. The van der Waals surface area contributed by atoms with Gasteiger partial charge in [-0.25, -0.2) is 0 Å². The predicted molar refractivity (Wildman–Crippen MR) is 81.7 cm³/mol. The summed E-state index contributed by atoms with van der Waals surface area (Å²) in [7, 11) is 0. The van der Waals surface area contributed by atoms with Crippen molar-refractivity contribution < 1.29 is 4.79 Å². The molecule has 108 valence electrons. The molecule has 0 bridgehead atoms. The van der Waals surface area contributed by atoms with Gasteiger partial charge in [-0.3, -0.25) is 4.79 Å². The Hall–Kier alpha value is -1.51. The summed E-state index contributed by atoms with van der Waals surface area (Å²) in [5.41, 5.74) is 2.72. The maximum atomic E-state index is 12.4. The summed E-state index contributed by atoms with van der Waals surface area (Å²) in [6, 6.07) is 8.43. The van der Waals surface area contributed by atoms with Crippen LogP contribution in [0.4, 0.5) is 5.69 Å². The lowest BCUT2D eigenvalue weighted by Gasteiger charge is -2.36. The molecule has 3 rings (SSSR count). The summed E-state index contributed by atoms with van der Waals surface area (Å²) in [6.45, 7) is 4.60. The number of carbonyl (C=O) groups excluding carboxylic acids is 1. The smallest absolute Gasteiger partial charge is 0.243 e. The standard InChI is InChI=1S/C17H24N2O/c1-17(2)9-5-7-13(11-17)18-16(20)15-10-12-6-3-4-8-14(12)19-15/h3-4,6,8,13,15,19H,5,7,9-11H2,1-2H3,(H,18,20). The SMILES string of the molecule is CC1(C)CCCC(NC(=O)C2Cc3ccccc3N2)C1. The Labute approximate surface area is 121 Å². The number of fused-ring (bicyclic) bond motifs is 1. The molecule has 3 nitrogen and oxygen atoms in total. The van der Waals surface area contributed by atoms with E-state index in [4.69, 9.17) is 0 Å². The van der Waals surface area contributed by atoms with Crippen molar-refractivity contribution in [1.82, 2.24) is 5.32 Å². The molecular weight excluding hydrogens is 248 g/mol. The molecular formula is C17H24N2O. The molecule has 3 heteroatoms. The summed E-state index contributed by atoms with van der Waals surface area (Å²) in [6.07, 6.45) is 5.51. The number of hydrogen-bond donors (Lipinski definition) is 2. The second-order valence-electron chi connectivity index (χ2n) is 7.02. The summed E-state index contributed by atoms with van der Waals surface area (Å²) in [4.78, 5) is 12.4. The average molecular weight is 272 g/mol. The summed E-state index contributed by atoms with van der Waals surface area (Å²) >= 11 is 0. The summed E-state index contributed by atoms with van der Waals surface area (Å²) in [5.74, 6) is 0.156. The first kappa shape index (κ1) is 13.5. The Morgan fingerprint density at radius 3 is 2.90 bits per heavy atom. The van der Waals surface area contributed by atoms with Gasteiger partial charge in [-0.1, -0.05) is 38.5 Å². The number of rotatable bonds is 2. The lowest BCUT2D eigenvalue weighted by Crippen LogP contribution is -2.46. The number of anilines is 1. The highest BCUT2D eigenvalue weighted by atomic mass is 16.2. The van der Waals surface area contributed by atoms with Crippen LogP contribution >= 0.6 is 0 Å². The van der Waals surface area contributed by atoms with Gasteiger partial charge in [0.15, 0.2) is 0 Å². The Kier molecular flexibility index (Phi) is 3.45. The molecule has 0 saturated heterocycles. The monoisotopic (exact) mass is 272 g/mol. The van der Waals surface area contributed by atoms with Crippen molar-refractivity contribution in [2.75, 3.05) is 5.32 Å². The van der Waals surface area contributed by atoms with E-state index in [0.29, 0.717) is 11.5 Å². The zero-order valence-corrected chi connectivity index (χ0v) is 12.4. The number of carbonyl (C=O) groups is 1. The zero-order valence-electron chi connectivity index (χ0n) is 12.4. The molecule has 2 aliphatic rings. The van der Waals surface area contributed by atoms with Gasteiger partial charge in [-0.2, -0.15) is 0 Å². The molecule has 1 saturated carbocycles. The first-order valence-corrected chi connectivity index (χ1v) is 7.68. The van der Waals surface area contributed by atoms with Crippen LogP contribution in [-0.2, 0) is 11.2 Å². The number of amides is 1. The number of benzene rings is 1. The van der Waals surface area contributed by atoms with E-state index in [9.17, 15) is 4.79 Å². The number of hydrogen-bond acceptors (Lipinski definition) is 2. The van der Waals surface area contributed by atoms with Gasteiger partial charge in [0, 0.05) is 18.2 Å². The van der Waals surface area contributed by atoms with E-state index in [1.165, 1.54) is 18.4 Å². The fraction of sp³-hybridized carbons (Fsp3) is 0.588. The van der Waals surface area contributed by atoms with E-state index in [0.717, 1.165) is 24.9 Å². The molecule has 2 N–H and O–H groups in total. The quantitative estimate of drug-likeness (QED) is 0.868. The molecule has 20 heavy (non-hydrogen) atoms. The van der Waals surface area contributed by atoms with Crippen molar-refractivity contribution in [3.05, 3.63) is 29.8 Å². The Balaban J connectivity index is 1.59. The van der Waals surface area contributed by atoms with Crippen molar-refractivity contribution in [3.63, 3.8) is 0 Å². The van der Waals surface area contributed by atoms with E-state index in [1.807, 2.05) is 18.2 Å². The van der Waals surface area contributed by atoms with Crippen LogP contribution < -0.4 is 10.6 Å². The highest BCUT2D eigenvalue weighted by Crippen LogP contribution is 2.35. The molecule has 1 amide bonds. The van der Waals surface area contributed by atoms with Gasteiger partial charge in [0.25, 0.3) is 0 Å². The van der Waals surface area contributed by atoms with Crippen LogP contribution in [-0.4, -0.2) is 18.0 Å². The molecule has 2 unspecified atom stereocenters. The van der Waals surface area contributed by atoms with Crippen molar-refractivity contribution in [3.8, 4) is 0 Å². The van der Waals surface area contributed by atoms with Gasteiger partial charge in [0.2, 0.25) is 5.91 Å². The molecule has 1 aliphatic heterocycles. The summed E-state index contributed by atoms with van der Waals surface area (Å²) < 4.78 is 0. The van der Waals surface area contributed by atoms with Crippen LogP contribution in [0.3, 0.4) is 0 Å². The molecule has 0 aromatic heterocycles. The molecule has 1 aromatic rings. The highest BCUT2D eigenvalue weighted by Gasteiger charge is 2.32.